The molecule has 0 fully saturated rings. The van der Waals surface area contributed by atoms with Gasteiger partial charge in [0.25, 0.3) is 0 Å². The van der Waals surface area contributed by atoms with Crippen LogP contribution in [0.25, 0.3) is 0 Å². The van der Waals surface area contributed by atoms with Crippen LogP contribution in [-0.2, 0) is 10.0 Å². The number of sulfonamides is 1. The minimum Gasteiger partial charge on any atom is -0.399 e. The summed E-state index contributed by atoms with van der Waals surface area (Å²) < 4.78 is 38.8. The lowest BCUT2D eigenvalue weighted by Gasteiger charge is -2.19. The van der Waals surface area contributed by atoms with Crippen molar-refractivity contribution in [2.24, 2.45) is 0 Å². The number of nitrogens with zero attached hydrogens (tertiary/aromatic N) is 1. The SMILES string of the molecule is CC(O)CN(C)S(=O)(=O)c1cc(N)cc(Br)c1F. The van der Waals surface area contributed by atoms with Crippen molar-refractivity contribution in [3.05, 3.63) is 22.4 Å². The molecule has 0 aliphatic rings. The summed E-state index contributed by atoms with van der Waals surface area (Å²) in [6.07, 6.45) is -0.850. The molecule has 0 spiro atoms. The third-order valence-electron chi connectivity index (χ3n) is 2.23. The molecule has 0 amide bonds. The number of anilines is 1. The van der Waals surface area contributed by atoms with Crippen molar-refractivity contribution in [2.75, 3.05) is 19.3 Å². The average molecular weight is 341 g/mol. The Morgan fingerprint density at radius 3 is 2.61 bits per heavy atom. The van der Waals surface area contributed by atoms with Crippen LogP contribution in [0.15, 0.2) is 21.5 Å². The molecule has 1 aromatic rings. The molecule has 0 radical (unpaired) electrons. The van der Waals surface area contributed by atoms with E-state index in [9.17, 15) is 17.9 Å². The number of hydrogen-bond acceptors (Lipinski definition) is 4. The lowest BCUT2D eigenvalue weighted by Crippen LogP contribution is -2.33. The zero-order valence-electron chi connectivity index (χ0n) is 9.89. The largest absolute Gasteiger partial charge is 0.399 e. The Morgan fingerprint density at radius 1 is 1.56 bits per heavy atom. The topological polar surface area (TPSA) is 83.6 Å². The van der Waals surface area contributed by atoms with Crippen molar-refractivity contribution in [1.82, 2.24) is 4.31 Å². The van der Waals surface area contributed by atoms with E-state index in [2.05, 4.69) is 15.9 Å². The van der Waals surface area contributed by atoms with Crippen LogP contribution in [0, 0.1) is 5.82 Å². The van der Waals surface area contributed by atoms with Crippen LogP contribution in [-0.4, -0.2) is 37.5 Å². The summed E-state index contributed by atoms with van der Waals surface area (Å²) in [7, 11) is -2.76. The van der Waals surface area contributed by atoms with Gasteiger partial charge in [-0.05, 0) is 35.0 Å². The van der Waals surface area contributed by atoms with E-state index in [-0.39, 0.29) is 16.7 Å². The zero-order chi connectivity index (χ0) is 14.1. The fourth-order valence-electron chi connectivity index (χ4n) is 1.41. The van der Waals surface area contributed by atoms with Crippen molar-refractivity contribution < 1.29 is 17.9 Å². The summed E-state index contributed by atoms with van der Waals surface area (Å²) in [6, 6.07) is 2.33. The van der Waals surface area contributed by atoms with Gasteiger partial charge < -0.3 is 10.8 Å². The van der Waals surface area contributed by atoms with E-state index in [0.29, 0.717) is 0 Å². The lowest BCUT2D eigenvalue weighted by atomic mass is 10.3. The van der Waals surface area contributed by atoms with Crippen LogP contribution in [0.1, 0.15) is 6.92 Å². The van der Waals surface area contributed by atoms with Crippen LogP contribution in [0.2, 0.25) is 0 Å². The molecule has 0 heterocycles. The lowest BCUT2D eigenvalue weighted by molar-refractivity contribution is 0.171. The predicted octanol–water partition coefficient (Wildman–Crippen LogP) is 1.17. The van der Waals surface area contributed by atoms with Gasteiger partial charge in [0, 0.05) is 19.3 Å². The molecule has 18 heavy (non-hydrogen) atoms. The zero-order valence-corrected chi connectivity index (χ0v) is 12.3. The van der Waals surface area contributed by atoms with Crippen molar-refractivity contribution in [3.8, 4) is 0 Å². The highest BCUT2D eigenvalue weighted by atomic mass is 79.9. The fourth-order valence-corrected chi connectivity index (χ4v) is 3.39. The highest BCUT2D eigenvalue weighted by Crippen LogP contribution is 2.27. The second-order valence-corrected chi connectivity index (χ2v) is 6.82. The van der Waals surface area contributed by atoms with Gasteiger partial charge in [0.2, 0.25) is 10.0 Å². The Bertz CT molecular complexity index is 548. The van der Waals surface area contributed by atoms with E-state index in [1.807, 2.05) is 0 Å². The van der Waals surface area contributed by atoms with E-state index in [4.69, 9.17) is 5.73 Å². The summed E-state index contributed by atoms with van der Waals surface area (Å²) in [6.45, 7) is 1.31. The highest BCUT2D eigenvalue weighted by molar-refractivity contribution is 9.10. The number of hydrogen-bond donors (Lipinski definition) is 2. The Hall–Kier alpha value is -0.700. The molecular weight excluding hydrogens is 327 g/mol. The number of aliphatic hydroxyl groups is 1. The molecule has 0 saturated heterocycles. The molecule has 0 bridgehead atoms. The number of nitrogens with two attached hydrogens (primary N) is 1. The van der Waals surface area contributed by atoms with Gasteiger partial charge in [0.1, 0.15) is 4.90 Å². The molecule has 1 atom stereocenters. The van der Waals surface area contributed by atoms with E-state index in [1.54, 1.807) is 0 Å². The number of benzene rings is 1. The predicted molar refractivity (Wildman–Crippen MR) is 70.0 cm³/mol. The molecule has 1 rings (SSSR count). The van der Waals surface area contributed by atoms with Gasteiger partial charge in [0.05, 0.1) is 10.6 Å². The standard InChI is InChI=1S/C10H14BrFN2O3S/c1-6(15)5-14(2)18(16,17)9-4-7(13)3-8(11)10(9)12/h3-4,6,15H,5,13H2,1-2H3. The normalized spacial score (nSPS) is 13.9. The minimum absolute atomic E-state index is 0.0217. The van der Waals surface area contributed by atoms with E-state index < -0.39 is 26.8 Å². The number of aliphatic hydroxyl groups excluding tert-OH is 1. The summed E-state index contributed by atoms with van der Waals surface area (Å²) >= 11 is 2.90. The van der Waals surface area contributed by atoms with E-state index in [0.717, 1.165) is 10.4 Å². The van der Waals surface area contributed by atoms with Gasteiger partial charge in [-0.15, -0.1) is 0 Å². The second-order valence-electron chi connectivity index (χ2n) is 3.95. The Kier molecular flexibility index (Phi) is 4.71. The van der Waals surface area contributed by atoms with E-state index in [1.165, 1.54) is 20.0 Å². The summed E-state index contributed by atoms with van der Waals surface area (Å²) in [5, 5.41) is 9.18. The molecule has 0 aromatic heterocycles. The van der Waals surface area contributed by atoms with Gasteiger partial charge in [-0.2, -0.15) is 4.31 Å². The number of rotatable bonds is 4. The molecule has 0 aliphatic heterocycles. The number of likely N-dealkylation sites (N-methyl/N-ethyl adjacent to an activating group) is 1. The van der Waals surface area contributed by atoms with Gasteiger partial charge in [-0.25, -0.2) is 12.8 Å². The van der Waals surface area contributed by atoms with Crippen LogP contribution in [0.3, 0.4) is 0 Å². The van der Waals surface area contributed by atoms with Crippen molar-refractivity contribution in [3.63, 3.8) is 0 Å². The Labute approximate surface area is 114 Å². The van der Waals surface area contributed by atoms with Crippen molar-refractivity contribution in [1.29, 1.82) is 0 Å². The van der Waals surface area contributed by atoms with Crippen LogP contribution in [0.5, 0.6) is 0 Å². The van der Waals surface area contributed by atoms with Gasteiger partial charge in [-0.1, -0.05) is 0 Å². The van der Waals surface area contributed by atoms with Crippen LogP contribution >= 0.6 is 15.9 Å². The molecule has 0 aliphatic carbocycles. The Morgan fingerprint density at radius 2 is 2.11 bits per heavy atom. The van der Waals surface area contributed by atoms with Gasteiger partial charge in [0.15, 0.2) is 5.82 Å². The maximum atomic E-state index is 13.8. The highest BCUT2D eigenvalue weighted by Gasteiger charge is 2.27. The molecular formula is C10H14BrFN2O3S. The first-order valence-corrected chi connectivity index (χ1v) is 7.28. The third-order valence-corrected chi connectivity index (χ3v) is 4.63. The average Bonchev–Trinajstić information content (AvgIpc) is 2.22. The second kappa shape index (κ2) is 5.52. The van der Waals surface area contributed by atoms with Crippen LogP contribution < -0.4 is 5.73 Å². The van der Waals surface area contributed by atoms with Gasteiger partial charge >= 0.3 is 0 Å². The van der Waals surface area contributed by atoms with Crippen molar-refractivity contribution >= 4 is 31.6 Å². The van der Waals surface area contributed by atoms with Crippen molar-refractivity contribution in [2.45, 2.75) is 17.9 Å². The monoisotopic (exact) mass is 340 g/mol. The number of nitrogen functional groups attached to an aromatic ring is 1. The summed E-state index contributed by atoms with van der Waals surface area (Å²) in [5.41, 5.74) is 5.63. The molecule has 0 saturated carbocycles. The number of halogens is 2. The van der Waals surface area contributed by atoms with E-state index >= 15 is 0 Å². The summed E-state index contributed by atoms with van der Waals surface area (Å²) in [4.78, 5) is -0.516. The first-order chi connectivity index (χ1) is 8.16. The molecule has 3 N–H and O–H groups in total. The van der Waals surface area contributed by atoms with Crippen LogP contribution in [0.4, 0.5) is 10.1 Å². The van der Waals surface area contributed by atoms with Gasteiger partial charge in [-0.3, -0.25) is 0 Å². The quantitative estimate of drug-likeness (QED) is 0.806. The molecule has 102 valence electrons. The minimum atomic E-state index is -4.02. The first-order valence-electron chi connectivity index (χ1n) is 5.05. The molecule has 1 unspecified atom stereocenters. The maximum Gasteiger partial charge on any atom is 0.245 e. The smallest absolute Gasteiger partial charge is 0.245 e. The third kappa shape index (κ3) is 3.19. The maximum absolute atomic E-state index is 13.8. The summed E-state index contributed by atoms with van der Waals surface area (Å²) in [5.74, 6) is -0.901. The molecule has 1 aromatic carbocycles. The first kappa shape index (κ1) is 15.4. The molecule has 5 nitrogen and oxygen atoms in total. The molecule has 8 heteroatoms. The Balaban J connectivity index is 3.29. The fraction of sp³-hybridized carbons (Fsp3) is 0.400.